The van der Waals surface area contributed by atoms with Crippen molar-refractivity contribution in [1.29, 1.82) is 0 Å². The Morgan fingerprint density at radius 3 is 2.35 bits per heavy atom. The number of thiazole rings is 1. The summed E-state index contributed by atoms with van der Waals surface area (Å²) in [6.45, 7) is 0. The molecule has 0 unspecified atom stereocenters. The van der Waals surface area contributed by atoms with Crippen LogP contribution in [0.15, 0.2) is 77.9 Å². The van der Waals surface area contributed by atoms with E-state index < -0.39 is 0 Å². The average molecular weight is 450 g/mol. The Balaban J connectivity index is 1.62. The van der Waals surface area contributed by atoms with Gasteiger partial charge in [0.2, 0.25) is 5.13 Å². The topological polar surface area (TPSA) is 55.7 Å². The van der Waals surface area contributed by atoms with Gasteiger partial charge in [-0.05, 0) is 41.5 Å². The molecule has 0 spiro atoms. The molecule has 4 rings (SSSR count). The van der Waals surface area contributed by atoms with Gasteiger partial charge in [-0.2, -0.15) is 5.10 Å². The zero-order valence-corrected chi connectivity index (χ0v) is 18.6. The number of aromatic nitrogens is 1. The van der Waals surface area contributed by atoms with E-state index in [1.807, 2.05) is 60.7 Å². The molecule has 0 fully saturated rings. The SMILES string of the molecule is COc1ccc(C=NNc2nc(-c3ccc(Cl)cc3)c(-c3ccccc3)s2)cc1OC. The molecule has 0 radical (unpaired) electrons. The van der Waals surface area contributed by atoms with Crippen LogP contribution in [0.4, 0.5) is 5.13 Å². The standard InChI is InChI=1S/C24H20ClN3O2S/c1-29-20-13-8-16(14-21(20)30-2)15-26-28-24-27-22(17-9-11-19(25)12-10-17)23(31-24)18-6-4-3-5-7-18/h3-15H,1-2H3,(H,27,28). The minimum Gasteiger partial charge on any atom is -0.493 e. The summed E-state index contributed by atoms with van der Waals surface area (Å²) < 4.78 is 10.6. The molecule has 0 aliphatic rings. The van der Waals surface area contributed by atoms with Gasteiger partial charge < -0.3 is 9.47 Å². The van der Waals surface area contributed by atoms with E-state index in [9.17, 15) is 0 Å². The largest absolute Gasteiger partial charge is 0.493 e. The van der Waals surface area contributed by atoms with Crippen LogP contribution in [0.1, 0.15) is 5.56 Å². The van der Waals surface area contributed by atoms with Gasteiger partial charge in [-0.15, -0.1) is 0 Å². The Morgan fingerprint density at radius 2 is 1.65 bits per heavy atom. The molecule has 0 aliphatic heterocycles. The first-order valence-corrected chi connectivity index (χ1v) is 10.7. The average Bonchev–Trinajstić information content (AvgIpc) is 3.24. The number of methoxy groups -OCH3 is 2. The summed E-state index contributed by atoms with van der Waals surface area (Å²) in [5.74, 6) is 1.32. The Morgan fingerprint density at radius 1 is 0.903 bits per heavy atom. The molecular weight excluding hydrogens is 430 g/mol. The predicted molar refractivity (Wildman–Crippen MR) is 129 cm³/mol. The lowest BCUT2D eigenvalue weighted by molar-refractivity contribution is 0.355. The summed E-state index contributed by atoms with van der Waals surface area (Å²) in [7, 11) is 3.22. The molecule has 0 saturated heterocycles. The van der Waals surface area contributed by atoms with Gasteiger partial charge in [0.25, 0.3) is 0 Å². The third-order valence-corrected chi connectivity index (χ3v) is 5.82. The molecule has 5 nitrogen and oxygen atoms in total. The maximum absolute atomic E-state index is 6.06. The molecule has 1 heterocycles. The van der Waals surface area contributed by atoms with Crippen molar-refractivity contribution in [3.05, 3.63) is 83.4 Å². The molecule has 0 atom stereocenters. The number of hydrogen-bond acceptors (Lipinski definition) is 6. The zero-order chi connectivity index (χ0) is 21.6. The van der Waals surface area contributed by atoms with Crippen LogP contribution in [0.25, 0.3) is 21.7 Å². The highest BCUT2D eigenvalue weighted by Crippen LogP contribution is 2.39. The van der Waals surface area contributed by atoms with Gasteiger partial charge in [-0.1, -0.05) is 65.4 Å². The zero-order valence-electron chi connectivity index (χ0n) is 17.0. The van der Waals surface area contributed by atoms with Gasteiger partial charge in [0.05, 0.1) is 31.0 Å². The summed E-state index contributed by atoms with van der Waals surface area (Å²) in [5, 5.41) is 5.74. The Kier molecular flexibility index (Phi) is 6.50. The van der Waals surface area contributed by atoms with Crippen molar-refractivity contribution in [2.75, 3.05) is 19.6 Å². The third-order valence-electron chi connectivity index (χ3n) is 4.56. The summed E-state index contributed by atoms with van der Waals surface area (Å²) in [5.41, 5.74) is 6.91. The minimum absolute atomic E-state index is 0.650. The van der Waals surface area contributed by atoms with Crippen LogP contribution in [-0.4, -0.2) is 25.4 Å². The van der Waals surface area contributed by atoms with E-state index in [1.165, 1.54) is 0 Å². The number of ether oxygens (including phenoxy) is 2. The van der Waals surface area contributed by atoms with Gasteiger partial charge in [-0.3, -0.25) is 5.43 Å². The van der Waals surface area contributed by atoms with Gasteiger partial charge in [-0.25, -0.2) is 4.98 Å². The number of halogens is 1. The Labute approximate surface area is 190 Å². The van der Waals surface area contributed by atoms with E-state index in [2.05, 4.69) is 22.7 Å². The van der Waals surface area contributed by atoms with Crippen LogP contribution >= 0.6 is 22.9 Å². The molecule has 0 amide bonds. The lowest BCUT2D eigenvalue weighted by Crippen LogP contribution is -1.94. The monoisotopic (exact) mass is 449 g/mol. The smallest absolute Gasteiger partial charge is 0.204 e. The van der Waals surface area contributed by atoms with Crippen molar-refractivity contribution < 1.29 is 9.47 Å². The molecule has 0 aliphatic carbocycles. The quantitative estimate of drug-likeness (QED) is 0.255. The summed E-state index contributed by atoms with van der Waals surface area (Å²) in [6.07, 6.45) is 1.72. The molecule has 1 N–H and O–H groups in total. The first-order chi connectivity index (χ1) is 15.2. The molecular formula is C24H20ClN3O2S. The Bertz CT molecular complexity index is 1190. The van der Waals surface area contributed by atoms with Crippen LogP contribution in [0.2, 0.25) is 5.02 Å². The van der Waals surface area contributed by atoms with Crippen molar-refractivity contribution in [2.45, 2.75) is 0 Å². The fourth-order valence-electron chi connectivity index (χ4n) is 3.05. The van der Waals surface area contributed by atoms with Crippen LogP contribution in [0, 0.1) is 0 Å². The highest BCUT2D eigenvalue weighted by atomic mass is 35.5. The number of anilines is 1. The first-order valence-electron chi connectivity index (χ1n) is 9.51. The summed E-state index contributed by atoms with van der Waals surface area (Å²) in [4.78, 5) is 5.85. The number of hydrogen-bond donors (Lipinski definition) is 1. The number of benzene rings is 3. The van der Waals surface area contributed by atoms with E-state index in [4.69, 9.17) is 26.1 Å². The second kappa shape index (κ2) is 9.64. The van der Waals surface area contributed by atoms with Gasteiger partial charge in [0, 0.05) is 10.6 Å². The molecule has 7 heteroatoms. The van der Waals surface area contributed by atoms with Crippen LogP contribution in [0.5, 0.6) is 11.5 Å². The van der Waals surface area contributed by atoms with Crippen molar-refractivity contribution >= 4 is 34.3 Å². The highest BCUT2D eigenvalue weighted by molar-refractivity contribution is 7.19. The molecule has 3 aromatic carbocycles. The van der Waals surface area contributed by atoms with Crippen LogP contribution < -0.4 is 14.9 Å². The maximum atomic E-state index is 6.06. The predicted octanol–water partition coefficient (Wildman–Crippen LogP) is 6.59. The fourth-order valence-corrected chi connectivity index (χ4v) is 4.12. The molecule has 0 saturated carbocycles. The summed E-state index contributed by atoms with van der Waals surface area (Å²) >= 11 is 7.61. The highest BCUT2D eigenvalue weighted by Gasteiger charge is 2.15. The molecule has 156 valence electrons. The summed E-state index contributed by atoms with van der Waals surface area (Å²) in [6, 6.07) is 23.5. The first kappa shape index (κ1) is 20.9. The van der Waals surface area contributed by atoms with E-state index in [0.29, 0.717) is 21.7 Å². The van der Waals surface area contributed by atoms with E-state index >= 15 is 0 Å². The molecule has 4 aromatic rings. The normalized spacial score (nSPS) is 10.9. The number of nitrogens with one attached hydrogen (secondary N) is 1. The van der Waals surface area contributed by atoms with E-state index in [0.717, 1.165) is 27.3 Å². The number of hydrazone groups is 1. The molecule has 1 aromatic heterocycles. The second-order valence-electron chi connectivity index (χ2n) is 6.55. The van der Waals surface area contributed by atoms with Crippen LogP contribution in [0.3, 0.4) is 0 Å². The Hall–Kier alpha value is -3.35. The van der Waals surface area contributed by atoms with E-state index in [-0.39, 0.29) is 0 Å². The number of nitrogens with zero attached hydrogens (tertiary/aromatic N) is 2. The van der Waals surface area contributed by atoms with Crippen molar-refractivity contribution in [1.82, 2.24) is 4.98 Å². The van der Waals surface area contributed by atoms with E-state index in [1.54, 1.807) is 31.8 Å². The van der Waals surface area contributed by atoms with Gasteiger partial charge >= 0.3 is 0 Å². The van der Waals surface area contributed by atoms with Crippen molar-refractivity contribution in [3.8, 4) is 33.2 Å². The van der Waals surface area contributed by atoms with Crippen molar-refractivity contribution in [2.24, 2.45) is 5.10 Å². The lowest BCUT2D eigenvalue weighted by atomic mass is 10.1. The minimum atomic E-state index is 0.650. The fraction of sp³-hybridized carbons (Fsp3) is 0.0833. The number of rotatable bonds is 7. The van der Waals surface area contributed by atoms with Crippen molar-refractivity contribution in [3.63, 3.8) is 0 Å². The molecule has 31 heavy (non-hydrogen) atoms. The maximum Gasteiger partial charge on any atom is 0.204 e. The molecule has 0 bridgehead atoms. The van der Waals surface area contributed by atoms with Gasteiger partial charge in [0.1, 0.15) is 0 Å². The lowest BCUT2D eigenvalue weighted by Gasteiger charge is -2.07. The van der Waals surface area contributed by atoms with Gasteiger partial charge in [0.15, 0.2) is 11.5 Å². The van der Waals surface area contributed by atoms with Crippen LogP contribution in [-0.2, 0) is 0 Å². The third kappa shape index (κ3) is 4.87. The second-order valence-corrected chi connectivity index (χ2v) is 7.99.